The lowest BCUT2D eigenvalue weighted by molar-refractivity contribution is -0.384. The van der Waals surface area contributed by atoms with Crippen molar-refractivity contribution in [1.29, 1.82) is 0 Å². The molecule has 0 bridgehead atoms. The topological polar surface area (TPSA) is 81.0 Å². The summed E-state index contributed by atoms with van der Waals surface area (Å²) in [5, 5.41) is 17.2. The molecule has 0 spiro atoms. The van der Waals surface area contributed by atoms with Crippen molar-refractivity contribution in [2.45, 2.75) is 0 Å². The maximum absolute atomic E-state index is 10.8. The van der Waals surface area contributed by atoms with E-state index in [1.807, 2.05) is 10.8 Å². The molecule has 1 N–H and O–H groups in total. The lowest BCUT2D eigenvalue weighted by Gasteiger charge is -2.02. The van der Waals surface area contributed by atoms with Gasteiger partial charge in [-0.05, 0) is 11.4 Å². The Kier molecular flexibility index (Phi) is 2.78. The smallest absolute Gasteiger partial charge is 0.313 e. The van der Waals surface area contributed by atoms with Gasteiger partial charge in [-0.25, -0.2) is 9.97 Å². The maximum atomic E-state index is 10.8. The number of nitro groups is 1. The quantitative estimate of drug-likeness (QED) is 0.652. The van der Waals surface area contributed by atoms with E-state index in [1.165, 1.54) is 17.5 Å². The Labute approximate surface area is 95.1 Å². The van der Waals surface area contributed by atoms with E-state index >= 15 is 0 Å². The standard InChI is InChI=1S/C9H8N4O2S/c1-10-9-11-4-7(13(14)15)8(12-9)6-2-3-16-5-6/h2-5H,1H3,(H,10,11,12). The number of rotatable bonds is 3. The van der Waals surface area contributed by atoms with E-state index in [0.29, 0.717) is 11.6 Å². The number of anilines is 1. The minimum absolute atomic E-state index is 0.0857. The predicted octanol–water partition coefficient (Wildman–Crippen LogP) is 2.16. The van der Waals surface area contributed by atoms with Gasteiger partial charge in [-0.3, -0.25) is 10.1 Å². The molecule has 0 unspecified atom stereocenters. The lowest BCUT2D eigenvalue weighted by atomic mass is 10.2. The molecule has 0 aliphatic carbocycles. The van der Waals surface area contributed by atoms with Crippen molar-refractivity contribution in [2.75, 3.05) is 12.4 Å². The third kappa shape index (κ3) is 1.84. The Balaban J connectivity index is 2.59. The number of nitrogens with zero attached hydrogens (tertiary/aromatic N) is 3. The molecule has 2 heterocycles. The number of hydrogen-bond acceptors (Lipinski definition) is 6. The highest BCUT2D eigenvalue weighted by Crippen LogP contribution is 2.29. The zero-order valence-electron chi connectivity index (χ0n) is 8.38. The Morgan fingerprint density at radius 3 is 2.94 bits per heavy atom. The molecule has 0 amide bonds. The van der Waals surface area contributed by atoms with E-state index in [1.54, 1.807) is 13.1 Å². The molecule has 7 heteroatoms. The van der Waals surface area contributed by atoms with Crippen LogP contribution < -0.4 is 5.32 Å². The minimum Gasteiger partial charge on any atom is -0.357 e. The van der Waals surface area contributed by atoms with E-state index in [2.05, 4.69) is 15.3 Å². The molecule has 0 aliphatic heterocycles. The molecule has 2 aromatic heterocycles. The number of aromatic nitrogens is 2. The molecule has 0 aliphatic rings. The van der Waals surface area contributed by atoms with Gasteiger partial charge in [0.15, 0.2) is 5.69 Å². The molecule has 16 heavy (non-hydrogen) atoms. The van der Waals surface area contributed by atoms with Crippen LogP contribution in [0.3, 0.4) is 0 Å². The first-order valence-electron chi connectivity index (χ1n) is 4.44. The van der Waals surface area contributed by atoms with Crippen LogP contribution in [0.1, 0.15) is 0 Å². The highest BCUT2D eigenvalue weighted by atomic mass is 32.1. The van der Waals surface area contributed by atoms with Crippen molar-refractivity contribution in [1.82, 2.24) is 9.97 Å². The van der Waals surface area contributed by atoms with Crippen molar-refractivity contribution >= 4 is 23.0 Å². The summed E-state index contributed by atoms with van der Waals surface area (Å²) in [5.41, 5.74) is 0.985. The lowest BCUT2D eigenvalue weighted by Crippen LogP contribution is -2.01. The summed E-state index contributed by atoms with van der Waals surface area (Å²) in [6, 6.07) is 1.79. The Morgan fingerprint density at radius 2 is 2.38 bits per heavy atom. The fraction of sp³-hybridized carbons (Fsp3) is 0.111. The average Bonchev–Trinajstić information content (AvgIpc) is 2.81. The van der Waals surface area contributed by atoms with Crippen molar-refractivity contribution in [3.8, 4) is 11.3 Å². The highest BCUT2D eigenvalue weighted by Gasteiger charge is 2.18. The fourth-order valence-electron chi connectivity index (χ4n) is 1.24. The van der Waals surface area contributed by atoms with Gasteiger partial charge in [0.25, 0.3) is 0 Å². The minimum atomic E-state index is -0.480. The summed E-state index contributed by atoms with van der Waals surface area (Å²) in [6.45, 7) is 0. The van der Waals surface area contributed by atoms with E-state index in [-0.39, 0.29) is 5.69 Å². The molecule has 0 fully saturated rings. The van der Waals surface area contributed by atoms with Crippen LogP contribution in [0, 0.1) is 10.1 Å². The SMILES string of the molecule is CNc1ncc([N+](=O)[O-])c(-c2ccsc2)n1. The van der Waals surface area contributed by atoms with Crippen LogP contribution in [0.15, 0.2) is 23.0 Å². The van der Waals surface area contributed by atoms with Crippen molar-refractivity contribution in [3.05, 3.63) is 33.1 Å². The Hall–Kier alpha value is -2.02. The van der Waals surface area contributed by atoms with Crippen LogP contribution in [-0.4, -0.2) is 21.9 Å². The molecular weight excluding hydrogens is 228 g/mol. The largest absolute Gasteiger partial charge is 0.357 e. The Bertz CT molecular complexity index is 512. The zero-order chi connectivity index (χ0) is 11.5. The van der Waals surface area contributed by atoms with Gasteiger partial charge in [-0.1, -0.05) is 0 Å². The van der Waals surface area contributed by atoms with Gasteiger partial charge in [0.05, 0.1) is 4.92 Å². The molecule has 82 valence electrons. The Morgan fingerprint density at radius 1 is 1.56 bits per heavy atom. The second-order valence-electron chi connectivity index (χ2n) is 2.95. The van der Waals surface area contributed by atoms with E-state index < -0.39 is 4.92 Å². The molecule has 0 saturated heterocycles. The molecule has 0 atom stereocenters. The number of nitrogens with one attached hydrogen (secondary N) is 1. The molecular formula is C9H8N4O2S. The van der Waals surface area contributed by atoms with E-state index in [0.717, 1.165) is 5.56 Å². The van der Waals surface area contributed by atoms with Crippen LogP contribution in [0.2, 0.25) is 0 Å². The summed E-state index contributed by atoms with van der Waals surface area (Å²) in [4.78, 5) is 18.3. The van der Waals surface area contributed by atoms with E-state index in [9.17, 15) is 10.1 Å². The first-order chi connectivity index (χ1) is 7.72. The van der Waals surface area contributed by atoms with Crippen LogP contribution >= 0.6 is 11.3 Å². The second-order valence-corrected chi connectivity index (χ2v) is 3.73. The van der Waals surface area contributed by atoms with Gasteiger partial charge >= 0.3 is 5.69 Å². The van der Waals surface area contributed by atoms with Crippen molar-refractivity contribution in [2.24, 2.45) is 0 Å². The normalized spacial score (nSPS) is 10.1. The summed E-state index contributed by atoms with van der Waals surface area (Å²) >= 11 is 1.46. The number of thiophene rings is 1. The first kappa shape index (κ1) is 10.5. The number of hydrogen-bond donors (Lipinski definition) is 1. The van der Waals surface area contributed by atoms with Crippen LogP contribution in [0.25, 0.3) is 11.3 Å². The first-order valence-corrected chi connectivity index (χ1v) is 5.38. The van der Waals surface area contributed by atoms with Gasteiger partial charge in [0.2, 0.25) is 5.95 Å². The molecule has 6 nitrogen and oxygen atoms in total. The van der Waals surface area contributed by atoms with Gasteiger partial charge < -0.3 is 5.32 Å². The second kappa shape index (κ2) is 4.23. The van der Waals surface area contributed by atoms with Gasteiger partial charge in [-0.2, -0.15) is 11.3 Å². The third-order valence-electron chi connectivity index (χ3n) is 1.98. The van der Waals surface area contributed by atoms with E-state index in [4.69, 9.17) is 0 Å². The van der Waals surface area contributed by atoms with Gasteiger partial charge in [0.1, 0.15) is 6.20 Å². The summed E-state index contributed by atoms with van der Waals surface area (Å²) in [5.74, 6) is 0.367. The monoisotopic (exact) mass is 236 g/mol. The van der Waals surface area contributed by atoms with Crippen LogP contribution in [0.5, 0.6) is 0 Å². The molecule has 0 radical (unpaired) electrons. The molecule has 0 aromatic carbocycles. The molecule has 2 aromatic rings. The predicted molar refractivity (Wildman–Crippen MR) is 61.5 cm³/mol. The third-order valence-corrected chi connectivity index (χ3v) is 2.67. The molecule has 2 rings (SSSR count). The van der Waals surface area contributed by atoms with Crippen molar-refractivity contribution < 1.29 is 4.92 Å². The average molecular weight is 236 g/mol. The molecule has 0 saturated carbocycles. The van der Waals surface area contributed by atoms with Gasteiger partial charge in [0, 0.05) is 18.0 Å². The van der Waals surface area contributed by atoms with Gasteiger partial charge in [-0.15, -0.1) is 0 Å². The van der Waals surface area contributed by atoms with Crippen LogP contribution in [0.4, 0.5) is 11.6 Å². The fourth-order valence-corrected chi connectivity index (χ4v) is 1.88. The summed E-state index contributed by atoms with van der Waals surface area (Å²) in [6.07, 6.45) is 1.21. The maximum Gasteiger partial charge on any atom is 0.313 e. The summed E-state index contributed by atoms with van der Waals surface area (Å²) < 4.78 is 0. The van der Waals surface area contributed by atoms with Crippen LogP contribution in [-0.2, 0) is 0 Å². The summed E-state index contributed by atoms with van der Waals surface area (Å²) in [7, 11) is 1.67. The zero-order valence-corrected chi connectivity index (χ0v) is 9.19. The van der Waals surface area contributed by atoms with Crippen molar-refractivity contribution in [3.63, 3.8) is 0 Å². The highest BCUT2D eigenvalue weighted by molar-refractivity contribution is 7.08.